The molecule has 2 atom stereocenters. The Labute approximate surface area is 169 Å². The van der Waals surface area contributed by atoms with E-state index in [2.05, 4.69) is 24.8 Å². The van der Waals surface area contributed by atoms with Gasteiger partial charge in [-0.25, -0.2) is 0 Å². The molecule has 0 aliphatic carbocycles. The number of carbonyl (C=O) groups is 1. The fraction of sp³-hybridized carbons (Fsp3) is 0.476. The Morgan fingerprint density at radius 2 is 1.89 bits per heavy atom. The molecule has 1 fully saturated rings. The van der Waals surface area contributed by atoms with Gasteiger partial charge >= 0.3 is 0 Å². The van der Waals surface area contributed by atoms with Gasteiger partial charge in [0.15, 0.2) is 11.5 Å². The van der Waals surface area contributed by atoms with Crippen molar-refractivity contribution in [2.45, 2.75) is 32.6 Å². The minimum Gasteiger partial charge on any atom is -0.486 e. The second-order valence-electron chi connectivity index (χ2n) is 7.34. The summed E-state index contributed by atoms with van der Waals surface area (Å²) in [7, 11) is 0. The van der Waals surface area contributed by atoms with Gasteiger partial charge in [0.1, 0.15) is 13.2 Å². The molecule has 0 bridgehead atoms. The highest BCUT2D eigenvalue weighted by Gasteiger charge is 2.27. The van der Waals surface area contributed by atoms with E-state index in [1.165, 1.54) is 0 Å². The number of hydrogen-bond donors (Lipinski definition) is 0. The molecule has 1 amide bonds. The predicted molar refractivity (Wildman–Crippen MR) is 109 cm³/mol. The highest BCUT2D eigenvalue weighted by Crippen LogP contribution is 2.34. The van der Waals surface area contributed by atoms with Crippen LogP contribution in [-0.2, 0) is 16.1 Å². The molecular weight excluding hydrogens is 376 g/mol. The Morgan fingerprint density at radius 1 is 1.14 bits per heavy atom. The molecule has 28 heavy (non-hydrogen) atoms. The number of fused-ring (bicyclic) bond motifs is 1. The van der Waals surface area contributed by atoms with E-state index in [0.29, 0.717) is 32.1 Å². The van der Waals surface area contributed by atoms with Crippen molar-refractivity contribution in [3.8, 4) is 11.5 Å². The number of ether oxygens (including phenoxy) is 3. The van der Waals surface area contributed by atoms with Crippen LogP contribution in [0.1, 0.15) is 18.7 Å². The van der Waals surface area contributed by atoms with Gasteiger partial charge in [-0.2, -0.15) is 0 Å². The van der Waals surface area contributed by atoms with Crippen molar-refractivity contribution < 1.29 is 19.0 Å². The molecule has 0 spiro atoms. The largest absolute Gasteiger partial charge is 0.486 e. The molecule has 1 aromatic carbocycles. The summed E-state index contributed by atoms with van der Waals surface area (Å²) < 4.78 is 17.1. The van der Waals surface area contributed by atoms with Gasteiger partial charge in [-0.3, -0.25) is 9.69 Å². The molecule has 3 heterocycles. The van der Waals surface area contributed by atoms with Crippen LogP contribution >= 0.6 is 11.3 Å². The summed E-state index contributed by atoms with van der Waals surface area (Å²) in [5.74, 6) is 1.50. The third kappa shape index (κ3) is 4.48. The van der Waals surface area contributed by atoms with Gasteiger partial charge in [0, 0.05) is 29.7 Å². The number of morpholine rings is 1. The van der Waals surface area contributed by atoms with E-state index in [4.69, 9.17) is 14.2 Å². The topological polar surface area (TPSA) is 51.2 Å². The fourth-order valence-corrected chi connectivity index (χ4v) is 4.46. The van der Waals surface area contributed by atoms with Gasteiger partial charge in [0.2, 0.25) is 5.91 Å². The molecule has 0 unspecified atom stereocenters. The van der Waals surface area contributed by atoms with Crippen LogP contribution in [0.5, 0.6) is 11.5 Å². The minimum absolute atomic E-state index is 0.0753. The van der Waals surface area contributed by atoms with Crippen molar-refractivity contribution in [1.29, 1.82) is 0 Å². The Morgan fingerprint density at radius 3 is 2.61 bits per heavy atom. The number of hydrogen-bond acceptors (Lipinski definition) is 6. The summed E-state index contributed by atoms with van der Waals surface area (Å²) in [5.41, 5.74) is 0.831. The molecule has 150 valence electrons. The summed E-state index contributed by atoms with van der Waals surface area (Å²) in [6, 6.07) is 9.80. The molecule has 0 radical (unpaired) electrons. The zero-order chi connectivity index (χ0) is 19.5. The van der Waals surface area contributed by atoms with Crippen molar-refractivity contribution in [1.82, 2.24) is 4.90 Å². The van der Waals surface area contributed by atoms with Gasteiger partial charge in [0.05, 0.1) is 25.3 Å². The Kier molecular flexibility index (Phi) is 5.85. The monoisotopic (exact) mass is 402 g/mol. The van der Waals surface area contributed by atoms with Crippen molar-refractivity contribution in [2.75, 3.05) is 37.7 Å². The molecule has 0 N–H and O–H groups in total. The maximum atomic E-state index is 13.3. The average Bonchev–Trinajstić information content (AvgIpc) is 3.18. The predicted octanol–water partition coefficient (Wildman–Crippen LogP) is 3.16. The van der Waals surface area contributed by atoms with E-state index in [-0.39, 0.29) is 18.1 Å². The van der Waals surface area contributed by atoms with Gasteiger partial charge in [-0.05, 0) is 37.4 Å². The third-order valence-corrected chi connectivity index (χ3v) is 5.75. The average molecular weight is 403 g/mol. The Hall–Kier alpha value is -2.09. The molecule has 1 saturated heterocycles. The summed E-state index contributed by atoms with van der Waals surface area (Å²) >= 11 is 1.66. The van der Waals surface area contributed by atoms with E-state index in [1.54, 1.807) is 11.3 Å². The lowest BCUT2D eigenvalue weighted by Crippen LogP contribution is -2.49. The zero-order valence-corrected chi connectivity index (χ0v) is 17.1. The molecule has 2 aromatic rings. The zero-order valence-electron chi connectivity index (χ0n) is 16.3. The van der Waals surface area contributed by atoms with Crippen LogP contribution in [0.2, 0.25) is 0 Å². The molecule has 2 aliphatic rings. The summed E-state index contributed by atoms with van der Waals surface area (Å²) in [6.07, 6.45) is 0.271. The highest BCUT2D eigenvalue weighted by molar-refractivity contribution is 7.09. The summed E-state index contributed by atoms with van der Waals surface area (Å²) in [5, 5.41) is 2.03. The van der Waals surface area contributed by atoms with Crippen LogP contribution in [0.15, 0.2) is 35.7 Å². The quantitative estimate of drug-likeness (QED) is 0.769. The van der Waals surface area contributed by atoms with Gasteiger partial charge < -0.3 is 19.1 Å². The first-order chi connectivity index (χ1) is 13.6. The molecule has 1 aromatic heterocycles. The molecular formula is C21H26N2O4S. The normalized spacial score (nSPS) is 22.1. The number of thiophene rings is 1. The second-order valence-corrected chi connectivity index (χ2v) is 8.37. The van der Waals surface area contributed by atoms with E-state index in [1.807, 2.05) is 34.5 Å². The van der Waals surface area contributed by atoms with Crippen LogP contribution in [0.25, 0.3) is 0 Å². The van der Waals surface area contributed by atoms with Crippen LogP contribution in [0.3, 0.4) is 0 Å². The summed E-state index contributed by atoms with van der Waals surface area (Å²) in [4.78, 5) is 18.5. The number of rotatable bonds is 5. The first-order valence-corrected chi connectivity index (χ1v) is 10.6. The maximum absolute atomic E-state index is 13.3. The number of anilines is 1. The second kappa shape index (κ2) is 8.51. The van der Waals surface area contributed by atoms with Crippen LogP contribution in [-0.4, -0.2) is 55.9 Å². The van der Waals surface area contributed by atoms with Crippen molar-refractivity contribution in [3.63, 3.8) is 0 Å². The van der Waals surface area contributed by atoms with Crippen molar-refractivity contribution in [3.05, 3.63) is 40.6 Å². The minimum atomic E-state index is 0.0753. The van der Waals surface area contributed by atoms with Crippen LogP contribution in [0.4, 0.5) is 5.69 Å². The Bertz CT molecular complexity index is 801. The fourth-order valence-electron chi connectivity index (χ4n) is 3.77. The number of nitrogens with zero attached hydrogens (tertiary/aromatic N) is 2. The molecule has 2 aliphatic heterocycles. The van der Waals surface area contributed by atoms with Crippen molar-refractivity contribution in [2.24, 2.45) is 0 Å². The van der Waals surface area contributed by atoms with E-state index in [9.17, 15) is 4.79 Å². The molecule has 0 saturated carbocycles. The number of amides is 1. The lowest BCUT2D eigenvalue weighted by Gasteiger charge is -2.36. The lowest BCUT2D eigenvalue weighted by molar-refractivity contribution is -0.123. The van der Waals surface area contributed by atoms with E-state index in [0.717, 1.165) is 29.4 Å². The van der Waals surface area contributed by atoms with Crippen molar-refractivity contribution >= 4 is 22.9 Å². The van der Waals surface area contributed by atoms with Crippen LogP contribution in [0, 0.1) is 0 Å². The summed E-state index contributed by atoms with van der Waals surface area (Å²) in [6.45, 7) is 7.64. The first-order valence-electron chi connectivity index (χ1n) is 9.68. The lowest BCUT2D eigenvalue weighted by atomic mass is 10.2. The molecule has 4 rings (SSSR count). The van der Waals surface area contributed by atoms with Gasteiger partial charge in [-0.1, -0.05) is 6.07 Å². The molecule has 6 nitrogen and oxygen atoms in total. The number of carbonyl (C=O) groups excluding carboxylic acids is 1. The SMILES string of the molecule is C[C@@H]1CN(CC(=O)N(Cc2cccs2)c2ccc3c(c2)OCCO3)C[C@@H](C)O1. The highest BCUT2D eigenvalue weighted by atomic mass is 32.1. The van der Waals surface area contributed by atoms with Gasteiger partial charge in [-0.15, -0.1) is 11.3 Å². The van der Waals surface area contributed by atoms with Crippen LogP contribution < -0.4 is 14.4 Å². The number of benzene rings is 1. The molecule has 7 heteroatoms. The standard InChI is InChI=1S/C21H26N2O4S/c1-15-11-22(12-16(2)27-15)14-21(24)23(13-18-4-3-9-28-18)17-5-6-19-20(10-17)26-8-7-25-19/h3-6,9-10,15-16H,7-8,11-14H2,1-2H3/t15-,16-/m1/s1. The third-order valence-electron chi connectivity index (χ3n) is 4.89. The Balaban J connectivity index is 1.55. The van der Waals surface area contributed by atoms with E-state index >= 15 is 0 Å². The maximum Gasteiger partial charge on any atom is 0.241 e. The van der Waals surface area contributed by atoms with Gasteiger partial charge in [0.25, 0.3) is 0 Å². The smallest absolute Gasteiger partial charge is 0.241 e. The van der Waals surface area contributed by atoms with E-state index < -0.39 is 0 Å². The first kappa shape index (κ1) is 19.2.